The summed E-state index contributed by atoms with van der Waals surface area (Å²) >= 11 is 0. The highest BCUT2D eigenvalue weighted by Gasteiger charge is 2.39. The molecule has 2 aromatic rings. The highest BCUT2D eigenvalue weighted by Crippen LogP contribution is 2.40. The molecular weight excluding hydrogens is 507 g/mol. The maximum absolute atomic E-state index is 15.6. The van der Waals surface area contributed by atoms with E-state index in [1.807, 2.05) is 0 Å². The number of aromatic nitrogens is 2. The summed E-state index contributed by atoms with van der Waals surface area (Å²) in [4.78, 5) is 21.3. The number of ether oxygens (including phenoxy) is 1. The summed E-state index contributed by atoms with van der Waals surface area (Å²) in [6.07, 6.45) is -2.80. The van der Waals surface area contributed by atoms with Gasteiger partial charge in [0.1, 0.15) is 23.6 Å². The molecule has 1 aliphatic carbocycles. The van der Waals surface area contributed by atoms with Crippen LogP contribution in [0.1, 0.15) is 80.5 Å². The normalized spacial score (nSPS) is 20.5. The van der Waals surface area contributed by atoms with E-state index in [1.165, 1.54) is 39.8 Å². The number of carbonyl (C=O) groups excluding carboxylic acids is 1. The van der Waals surface area contributed by atoms with Crippen LogP contribution in [0.15, 0.2) is 29.5 Å². The number of alkyl halides is 4. The number of hydrogen-bond donors (Lipinski definition) is 2. The lowest BCUT2D eigenvalue weighted by molar-refractivity contribution is -0.125. The summed E-state index contributed by atoms with van der Waals surface area (Å²) in [7, 11) is 0. The van der Waals surface area contributed by atoms with E-state index in [-0.39, 0.29) is 41.4 Å². The third-order valence-corrected chi connectivity index (χ3v) is 7.02. The lowest BCUT2D eigenvalue weighted by Gasteiger charge is -2.27. The zero-order valence-electron chi connectivity index (χ0n) is 21.7. The molecule has 2 N–H and O–H groups in total. The fraction of sp³-hybridized carbons (Fsp3) is 0.519. The summed E-state index contributed by atoms with van der Waals surface area (Å²) in [5, 5.41) is 5.36. The van der Waals surface area contributed by atoms with E-state index in [1.54, 1.807) is 0 Å². The first-order valence-electron chi connectivity index (χ1n) is 12.6. The number of amides is 1. The molecule has 1 aromatic heterocycles. The van der Waals surface area contributed by atoms with Gasteiger partial charge in [-0.1, -0.05) is 32.0 Å². The van der Waals surface area contributed by atoms with Crippen LogP contribution in [0.25, 0.3) is 0 Å². The Morgan fingerprint density at radius 3 is 2.58 bits per heavy atom. The lowest BCUT2D eigenvalue weighted by Crippen LogP contribution is -2.35. The van der Waals surface area contributed by atoms with Crippen molar-refractivity contribution in [3.8, 4) is 0 Å². The second-order valence-corrected chi connectivity index (χ2v) is 10.0. The summed E-state index contributed by atoms with van der Waals surface area (Å²) in [5.41, 5.74) is -0.0503. The number of hydrogen-bond acceptors (Lipinski definition) is 5. The Kier molecular flexibility index (Phi) is 8.06. The molecule has 0 bridgehead atoms. The van der Waals surface area contributed by atoms with Gasteiger partial charge in [0.25, 0.3) is 11.8 Å². The molecule has 1 saturated heterocycles. The Balaban J connectivity index is 1.66. The van der Waals surface area contributed by atoms with E-state index >= 15 is 8.78 Å². The number of carbonyl (C=O) groups is 1. The molecule has 2 heterocycles. The summed E-state index contributed by atoms with van der Waals surface area (Å²) < 4.78 is 79.1. The van der Waals surface area contributed by atoms with Crippen molar-refractivity contribution in [2.75, 3.05) is 11.9 Å². The van der Waals surface area contributed by atoms with Gasteiger partial charge >= 0.3 is 0 Å². The average Bonchev–Trinajstić information content (AvgIpc) is 3.41. The predicted molar refractivity (Wildman–Crippen MR) is 131 cm³/mol. The molecule has 1 aliphatic heterocycles. The first kappa shape index (κ1) is 27.9. The van der Waals surface area contributed by atoms with Gasteiger partial charge in [-0.2, -0.15) is 0 Å². The molecule has 6 nitrogen and oxygen atoms in total. The van der Waals surface area contributed by atoms with Gasteiger partial charge in [-0.05, 0) is 32.3 Å². The van der Waals surface area contributed by atoms with Crippen molar-refractivity contribution in [3.63, 3.8) is 0 Å². The zero-order chi connectivity index (χ0) is 27.8. The van der Waals surface area contributed by atoms with Crippen molar-refractivity contribution in [3.05, 3.63) is 63.5 Å². The lowest BCUT2D eigenvalue weighted by atomic mass is 9.93. The number of rotatable bonds is 9. The van der Waals surface area contributed by atoms with Gasteiger partial charge in [-0.3, -0.25) is 4.79 Å². The molecule has 1 fully saturated rings. The van der Waals surface area contributed by atoms with Crippen molar-refractivity contribution in [1.29, 1.82) is 0 Å². The molecule has 1 amide bonds. The Morgan fingerprint density at radius 1 is 1.24 bits per heavy atom. The first-order valence-corrected chi connectivity index (χ1v) is 12.6. The molecule has 1 aromatic carbocycles. The molecule has 4 rings (SSSR count). The standard InChI is InChI=1S/C27H31F5N4O2/c1-13(2)27(31,32)17-8-5-7-16(22(17)29)12-33-25-21(20-9-6-10-38-20)24(34-15(4)35-25)23(30)26(37)36-19-11-18(28)14(19)3/h5,7-8,13,18,20,23H,6,9-12H2,1-4H3,(H,36,37)(H,33,34,35). The van der Waals surface area contributed by atoms with Gasteiger partial charge in [0, 0.05) is 42.3 Å². The van der Waals surface area contributed by atoms with E-state index in [2.05, 4.69) is 20.6 Å². The van der Waals surface area contributed by atoms with Crippen molar-refractivity contribution >= 4 is 11.7 Å². The maximum atomic E-state index is 15.6. The number of nitrogens with zero attached hydrogens (tertiary/aromatic N) is 2. The summed E-state index contributed by atoms with van der Waals surface area (Å²) in [5.74, 6) is -6.25. The first-order chi connectivity index (χ1) is 17.9. The van der Waals surface area contributed by atoms with Gasteiger partial charge < -0.3 is 15.4 Å². The highest BCUT2D eigenvalue weighted by molar-refractivity contribution is 5.84. The third-order valence-electron chi connectivity index (χ3n) is 7.02. The number of benzene rings is 1. The topological polar surface area (TPSA) is 76.1 Å². The van der Waals surface area contributed by atoms with Gasteiger partial charge in [0.15, 0.2) is 0 Å². The van der Waals surface area contributed by atoms with Crippen LogP contribution in [-0.4, -0.2) is 28.7 Å². The van der Waals surface area contributed by atoms with Crippen molar-refractivity contribution in [2.24, 2.45) is 5.92 Å². The van der Waals surface area contributed by atoms with Crippen LogP contribution in [0.3, 0.4) is 0 Å². The fourth-order valence-corrected chi connectivity index (χ4v) is 4.55. The minimum Gasteiger partial charge on any atom is -0.373 e. The highest BCUT2D eigenvalue weighted by atomic mass is 19.3. The van der Waals surface area contributed by atoms with Crippen LogP contribution in [0.4, 0.5) is 27.8 Å². The quantitative estimate of drug-likeness (QED) is 0.368. The minimum absolute atomic E-state index is 0.00102. The minimum atomic E-state index is -3.37. The largest absolute Gasteiger partial charge is 0.373 e. The third kappa shape index (κ3) is 5.39. The summed E-state index contributed by atoms with van der Waals surface area (Å²) in [6, 6.07) is 3.78. The van der Waals surface area contributed by atoms with E-state index < -0.39 is 47.6 Å². The molecule has 38 heavy (non-hydrogen) atoms. The van der Waals surface area contributed by atoms with Crippen LogP contribution < -0.4 is 10.6 Å². The maximum Gasteiger partial charge on any atom is 0.278 e. The molecular formula is C27H31F5N4O2. The van der Waals surface area contributed by atoms with E-state index in [4.69, 9.17) is 4.74 Å². The van der Waals surface area contributed by atoms with E-state index in [0.29, 0.717) is 30.7 Å². The number of halogens is 5. The Bertz CT molecular complexity index is 1240. The van der Waals surface area contributed by atoms with Gasteiger partial charge in [-0.25, -0.2) is 31.9 Å². The van der Waals surface area contributed by atoms with E-state index in [9.17, 15) is 18.0 Å². The smallest absolute Gasteiger partial charge is 0.278 e. The number of aryl methyl sites for hydroxylation is 1. The second kappa shape index (κ2) is 11.0. The summed E-state index contributed by atoms with van der Waals surface area (Å²) in [6.45, 7) is 5.84. The molecule has 3 unspecified atom stereocenters. The average molecular weight is 539 g/mol. The molecule has 11 heteroatoms. The van der Waals surface area contributed by atoms with Gasteiger partial charge in [0.2, 0.25) is 6.17 Å². The number of anilines is 1. The molecule has 0 radical (unpaired) electrons. The Labute approximate surface area is 218 Å². The van der Waals surface area contributed by atoms with Crippen molar-refractivity contribution < 1.29 is 31.5 Å². The van der Waals surface area contributed by atoms with Crippen molar-refractivity contribution in [2.45, 2.75) is 77.9 Å². The van der Waals surface area contributed by atoms with Crippen LogP contribution in [0.2, 0.25) is 0 Å². The molecule has 3 atom stereocenters. The molecule has 2 aliphatic rings. The van der Waals surface area contributed by atoms with Crippen molar-refractivity contribution in [1.82, 2.24) is 15.3 Å². The number of allylic oxidation sites excluding steroid dienone is 2. The zero-order valence-corrected chi connectivity index (χ0v) is 21.7. The van der Waals surface area contributed by atoms with Crippen LogP contribution in [0, 0.1) is 18.7 Å². The monoisotopic (exact) mass is 538 g/mol. The Morgan fingerprint density at radius 2 is 1.97 bits per heavy atom. The fourth-order valence-electron chi connectivity index (χ4n) is 4.55. The second-order valence-electron chi connectivity index (χ2n) is 10.0. The van der Waals surface area contributed by atoms with E-state index in [0.717, 1.165) is 6.07 Å². The molecule has 0 spiro atoms. The van der Waals surface area contributed by atoms with Crippen LogP contribution in [0.5, 0.6) is 0 Å². The Hall–Kier alpha value is -3.08. The van der Waals surface area contributed by atoms with Crippen LogP contribution >= 0.6 is 0 Å². The SMILES string of the molecule is CC1=C(NC(=O)C(F)c2nc(C)nc(NCc3cccc(C(F)(F)C(C)C)c3F)c2C2CCCO2)CC1F. The molecule has 0 saturated carbocycles. The predicted octanol–water partition coefficient (Wildman–Crippen LogP) is 6.28. The molecule has 206 valence electrons. The van der Waals surface area contributed by atoms with Gasteiger partial charge in [-0.15, -0.1) is 0 Å². The van der Waals surface area contributed by atoms with Gasteiger partial charge in [0.05, 0.1) is 17.4 Å². The number of nitrogens with one attached hydrogen (secondary N) is 2. The van der Waals surface area contributed by atoms with Crippen LogP contribution in [-0.2, 0) is 22.0 Å².